The summed E-state index contributed by atoms with van der Waals surface area (Å²) in [6.07, 6.45) is 0.599. The highest BCUT2D eigenvalue weighted by Crippen LogP contribution is 2.53. The number of carbonyl (C=O) groups is 1. The summed E-state index contributed by atoms with van der Waals surface area (Å²) in [6.45, 7) is 15.5. The van der Waals surface area contributed by atoms with Crippen molar-refractivity contribution >= 4 is 66.7 Å². The van der Waals surface area contributed by atoms with Crippen molar-refractivity contribution in [2.75, 3.05) is 103 Å². The number of piperazine rings is 2. The molecule has 78 heavy (non-hydrogen) atoms. The van der Waals surface area contributed by atoms with Crippen LogP contribution in [0.4, 0.5) is 10.3 Å². The Morgan fingerprint density at radius 2 is 1.62 bits per heavy atom. The van der Waals surface area contributed by atoms with Crippen LogP contribution in [0.1, 0.15) is 43.2 Å². The fourth-order valence-electron chi connectivity index (χ4n) is 9.98. The van der Waals surface area contributed by atoms with Gasteiger partial charge in [0.25, 0.3) is 0 Å². The monoisotopic (exact) mass is 1150 g/mol. The first-order valence-electron chi connectivity index (χ1n) is 26.0. The summed E-state index contributed by atoms with van der Waals surface area (Å²) < 4.78 is 86.8. The largest absolute Gasteiger partial charge is 0.490 e. The molecule has 5 aliphatic rings. The molecular weight excluding hydrogens is 1090 g/mol. The summed E-state index contributed by atoms with van der Waals surface area (Å²) in [4.78, 5) is 41.3. The Labute approximate surface area is 467 Å². The van der Waals surface area contributed by atoms with Gasteiger partial charge in [0.05, 0.1) is 52.8 Å². The van der Waals surface area contributed by atoms with Gasteiger partial charge in [-0.1, -0.05) is 35.3 Å². The Hall–Kier alpha value is -5.49. The van der Waals surface area contributed by atoms with Crippen molar-refractivity contribution in [1.82, 2.24) is 34.0 Å². The molecule has 23 heteroatoms. The zero-order valence-electron chi connectivity index (χ0n) is 44.4. The lowest BCUT2D eigenvalue weighted by Gasteiger charge is -2.35. The van der Waals surface area contributed by atoms with Crippen LogP contribution in [0, 0.1) is 19.7 Å². The molecule has 0 saturated carbocycles. The van der Waals surface area contributed by atoms with E-state index in [-0.39, 0.29) is 51.0 Å². The van der Waals surface area contributed by atoms with Crippen molar-refractivity contribution in [3.8, 4) is 44.7 Å². The van der Waals surface area contributed by atoms with Crippen molar-refractivity contribution in [2.45, 2.75) is 71.6 Å². The van der Waals surface area contributed by atoms with Gasteiger partial charge >= 0.3 is 5.97 Å². The molecule has 416 valence electrons. The molecule has 18 nitrogen and oxygen atoms in total. The molecule has 3 aromatic carbocycles. The van der Waals surface area contributed by atoms with E-state index in [1.54, 1.807) is 57.3 Å². The third-order valence-corrected chi connectivity index (χ3v) is 18.0. The molecule has 11 rings (SSSR count). The molecule has 0 radical (unpaired) electrons. The number of likely N-dealkylation sites (N-methyl/N-ethyl adjacent to an activating group) is 1. The topological polar surface area (TPSA) is 180 Å². The summed E-state index contributed by atoms with van der Waals surface area (Å²) in [7, 11) is -1.48. The first-order valence-corrected chi connectivity index (χ1v) is 29.2. The molecule has 3 atom stereocenters. The van der Waals surface area contributed by atoms with Crippen molar-refractivity contribution in [1.29, 1.82) is 0 Å². The van der Waals surface area contributed by atoms with Crippen LogP contribution >= 0.6 is 34.5 Å². The van der Waals surface area contributed by atoms with E-state index in [0.717, 1.165) is 31.1 Å². The van der Waals surface area contributed by atoms with Gasteiger partial charge < -0.3 is 43.0 Å². The number of hydrogen-bond acceptors (Lipinski definition) is 18. The highest BCUT2D eigenvalue weighted by molar-refractivity contribution is 7.89. The lowest BCUT2D eigenvalue weighted by molar-refractivity contribution is -0.163. The van der Waals surface area contributed by atoms with Crippen molar-refractivity contribution in [3.05, 3.63) is 99.3 Å². The van der Waals surface area contributed by atoms with Crippen LogP contribution in [-0.2, 0) is 42.1 Å². The number of ether oxygens (including phenoxy) is 7. The Balaban J connectivity index is 1.02. The number of fused-ring (bicyclic) bond motifs is 7. The van der Waals surface area contributed by atoms with E-state index in [0.29, 0.717) is 115 Å². The Morgan fingerprint density at radius 3 is 2.32 bits per heavy atom. The molecule has 3 saturated heterocycles. The molecular formula is C55H63Cl2FN8O10S2. The fourth-order valence-corrected chi connectivity index (χ4v) is 13.2. The molecule has 0 aliphatic carbocycles. The van der Waals surface area contributed by atoms with Crippen LogP contribution < -0.4 is 23.8 Å². The molecule has 5 aliphatic heterocycles. The molecule has 3 aromatic heterocycles. The van der Waals surface area contributed by atoms with Crippen LogP contribution in [0.5, 0.6) is 23.1 Å². The van der Waals surface area contributed by atoms with E-state index in [1.165, 1.54) is 34.1 Å². The van der Waals surface area contributed by atoms with Gasteiger partial charge in [-0.15, -0.1) is 11.3 Å². The number of aromatic nitrogens is 4. The maximum absolute atomic E-state index is 14.7. The van der Waals surface area contributed by atoms with Crippen LogP contribution in [0.15, 0.2) is 61.1 Å². The minimum atomic E-state index is -3.58. The first-order chi connectivity index (χ1) is 37.4. The highest BCUT2D eigenvalue weighted by Gasteiger charge is 2.35. The first kappa shape index (κ1) is 55.8. The second kappa shape index (κ2) is 23.7. The number of nitrogens with zero attached hydrogens (tertiary/aromatic N) is 8. The van der Waals surface area contributed by atoms with Gasteiger partial charge in [-0.05, 0) is 100 Å². The van der Waals surface area contributed by atoms with E-state index in [2.05, 4.69) is 21.8 Å². The Morgan fingerprint density at radius 1 is 0.872 bits per heavy atom. The summed E-state index contributed by atoms with van der Waals surface area (Å²) >= 11 is 16.2. The molecule has 1 unspecified atom stereocenters. The highest BCUT2D eigenvalue weighted by atomic mass is 35.5. The van der Waals surface area contributed by atoms with Crippen molar-refractivity contribution in [3.63, 3.8) is 0 Å². The number of benzene rings is 3. The van der Waals surface area contributed by atoms with E-state index in [9.17, 15) is 17.6 Å². The third-order valence-electron chi connectivity index (χ3n) is 14.0. The number of anilines is 1. The SMILES string of the molecule is Cc1c(Cl)c2c(Cl)c(C)c1-c1c(-c3ccc(F)cc3)sc3ncnc(c13)O[C@@H](C(=O)OC(C)(C)C)Cc1cc(ccc1OCc1ccnc(N3CCN(S(=O)(=O)CC4COCCO4)CC3)n1)OC[C@@H](CN1CCN(C)CC1)O2. The van der Waals surface area contributed by atoms with Crippen molar-refractivity contribution < 1.29 is 50.8 Å². The van der Waals surface area contributed by atoms with E-state index >= 15 is 0 Å². The molecule has 8 heterocycles. The second-order valence-electron chi connectivity index (χ2n) is 20.9. The lowest BCUT2D eigenvalue weighted by Crippen LogP contribution is -2.51. The normalized spacial score (nSPS) is 20.2. The number of rotatable bonds is 11. The maximum Gasteiger partial charge on any atom is 0.348 e. The Kier molecular flexibility index (Phi) is 16.9. The zero-order valence-corrected chi connectivity index (χ0v) is 47.6. The Bertz CT molecular complexity index is 3230. The zero-order chi connectivity index (χ0) is 54.9. The van der Waals surface area contributed by atoms with E-state index in [1.807, 2.05) is 24.8 Å². The lowest BCUT2D eigenvalue weighted by atomic mass is 9.92. The molecule has 0 amide bonds. The number of thiophene rings is 1. The molecule has 6 aromatic rings. The summed E-state index contributed by atoms with van der Waals surface area (Å²) in [5.74, 6) is 0.529. The maximum atomic E-state index is 14.7. The van der Waals surface area contributed by atoms with Crippen LogP contribution in [0.25, 0.3) is 31.8 Å². The predicted molar refractivity (Wildman–Crippen MR) is 296 cm³/mol. The van der Waals surface area contributed by atoms with Crippen LogP contribution in [-0.4, -0.2) is 170 Å². The fraction of sp³-hybridized carbons (Fsp3) is 0.473. The van der Waals surface area contributed by atoms with E-state index < -0.39 is 45.7 Å². The smallest absolute Gasteiger partial charge is 0.348 e. The number of hydrogen-bond donors (Lipinski definition) is 0. The minimum absolute atomic E-state index is 0.00777. The van der Waals surface area contributed by atoms with Crippen LogP contribution in [0.2, 0.25) is 10.0 Å². The van der Waals surface area contributed by atoms with E-state index in [4.69, 9.17) is 71.3 Å². The number of carbonyl (C=O) groups excluding carboxylic acids is 1. The van der Waals surface area contributed by atoms with Gasteiger partial charge in [0, 0.05) is 87.5 Å². The van der Waals surface area contributed by atoms with Gasteiger partial charge in [0.15, 0.2) is 5.75 Å². The molecule has 0 N–H and O–H groups in total. The molecule has 3 fully saturated rings. The predicted octanol–water partition coefficient (Wildman–Crippen LogP) is 8.04. The molecule has 4 bridgehead atoms. The van der Waals surface area contributed by atoms with Gasteiger partial charge in [-0.25, -0.2) is 37.5 Å². The van der Waals surface area contributed by atoms with Crippen molar-refractivity contribution in [2.24, 2.45) is 0 Å². The van der Waals surface area contributed by atoms with Gasteiger partial charge in [0.2, 0.25) is 28.0 Å². The van der Waals surface area contributed by atoms with Gasteiger partial charge in [-0.2, -0.15) is 4.31 Å². The number of sulfonamides is 1. The standard InChI is InChI=1S/C55H63Cl2FN8O10S2/c1-33-44-34(2)48(57)49(47(33)56)74-40(27-64-17-15-63(6)16-18-64)30-72-39-11-12-42(73-28-38-13-14-59-54(62-38)65-19-21-66(22-20-65)78(68,69)31-41-29-70-23-24-71-41)36(25-39)26-43(53(67)76-55(3,4)5)75-51-46-45(44)50(77-52(46)61-32-60-51)35-7-9-37(58)10-8-35/h7-14,25,32,40-41,43H,15-24,26-31H2,1-6H3/t40-,41?,43-/m1/s1. The minimum Gasteiger partial charge on any atom is -0.490 e. The third kappa shape index (κ3) is 12.7. The quantitative estimate of drug-likeness (QED) is 0.114. The summed E-state index contributed by atoms with van der Waals surface area (Å²) in [5.41, 5.74) is 3.53. The molecule has 0 spiro atoms. The van der Waals surface area contributed by atoms with Crippen LogP contribution in [0.3, 0.4) is 0 Å². The van der Waals surface area contributed by atoms with Gasteiger partial charge in [0.1, 0.15) is 53.4 Å². The average molecular weight is 1150 g/mol. The number of halogens is 3. The average Bonchev–Trinajstić information content (AvgIpc) is 4.05. The summed E-state index contributed by atoms with van der Waals surface area (Å²) in [5, 5.41) is 1.09. The number of esters is 1. The van der Waals surface area contributed by atoms with Gasteiger partial charge in [-0.3, -0.25) is 4.90 Å². The summed E-state index contributed by atoms with van der Waals surface area (Å²) in [6, 6.07) is 13.3. The second-order valence-corrected chi connectivity index (χ2v) is 24.7.